The summed E-state index contributed by atoms with van der Waals surface area (Å²) in [5.74, 6) is 0. The fraction of sp³-hybridized carbons (Fsp3) is 0.125. The molecule has 0 atom stereocenters. The molecular weight excluding hydrogens is 280 g/mol. The third-order valence-electron chi connectivity index (χ3n) is 3.40. The van der Waals surface area contributed by atoms with Gasteiger partial charge in [0.05, 0.1) is 11.5 Å². The van der Waals surface area contributed by atoms with E-state index in [9.17, 15) is 10.1 Å². The normalized spacial score (nSPS) is 10.6. The first kappa shape index (κ1) is 13.9. The van der Waals surface area contributed by atoms with E-state index in [1.165, 1.54) is 11.8 Å². The molecule has 0 unspecified atom stereocenters. The molecule has 0 radical (unpaired) electrons. The van der Waals surface area contributed by atoms with Crippen LogP contribution in [0.15, 0.2) is 55.0 Å². The smallest absolute Gasteiger partial charge is 0.264 e. The van der Waals surface area contributed by atoms with Crippen molar-refractivity contribution in [3.05, 3.63) is 76.2 Å². The molecule has 3 aromatic rings. The predicted molar refractivity (Wildman–Crippen MR) is 82.4 cm³/mol. The number of aryl methyl sites for hydroxylation is 1. The van der Waals surface area contributed by atoms with Gasteiger partial charge in [0.15, 0.2) is 0 Å². The number of benzene rings is 1. The lowest BCUT2D eigenvalue weighted by molar-refractivity contribution is -0.384. The van der Waals surface area contributed by atoms with Crippen molar-refractivity contribution in [3.8, 4) is 11.3 Å². The second-order valence-corrected chi connectivity index (χ2v) is 5.02. The van der Waals surface area contributed by atoms with E-state index < -0.39 is 4.92 Å². The van der Waals surface area contributed by atoms with Crippen LogP contribution in [0.3, 0.4) is 0 Å². The molecule has 110 valence electrons. The van der Waals surface area contributed by atoms with Gasteiger partial charge in [0.25, 0.3) is 0 Å². The van der Waals surface area contributed by atoms with Crippen LogP contribution in [0.4, 0.5) is 5.69 Å². The van der Waals surface area contributed by atoms with Crippen molar-refractivity contribution in [1.29, 1.82) is 0 Å². The topological polar surface area (TPSA) is 73.8 Å². The largest absolute Gasteiger partial charge is 0.314 e. The van der Waals surface area contributed by atoms with Crippen molar-refractivity contribution in [2.75, 3.05) is 0 Å². The zero-order valence-corrected chi connectivity index (χ0v) is 12.0. The predicted octanol–water partition coefficient (Wildman–Crippen LogP) is 3.21. The minimum atomic E-state index is -0.416. The quantitative estimate of drug-likeness (QED) is 0.547. The van der Waals surface area contributed by atoms with Gasteiger partial charge in [-0.2, -0.15) is 5.10 Å². The molecule has 0 N–H and O–H groups in total. The lowest BCUT2D eigenvalue weighted by Crippen LogP contribution is -2.04. The maximum atomic E-state index is 11.2. The summed E-state index contributed by atoms with van der Waals surface area (Å²) in [5.41, 5.74) is 3.34. The van der Waals surface area contributed by atoms with E-state index >= 15 is 0 Å². The molecule has 3 rings (SSSR count). The standard InChI is InChI=1S/C16H14N4O2/c1-12-4-6-13(7-5-12)11-19-16(14-3-2-8-17-9-14)15(10-18-19)20(21)22/h2-10H,11H2,1H3. The van der Waals surface area contributed by atoms with Gasteiger partial charge >= 0.3 is 5.69 Å². The van der Waals surface area contributed by atoms with Crippen LogP contribution in [0, 0.1) is 17.0 Å². The van der Waals surface area contributed by atoms with E-state index in [0.717, 1.165) is 5.56 Å². The van der Waals surface area contributed by atoms with E-state index in [-0.39, 0.29) is 5.69 Å². The molecule has 0 aliphatic rings. The fourth-order valence-electron chi connectivity index (χ4n) is 2.30. The third kappa shape index (κ3) is 2.71. The van der Waals surface area contributed by atoms with Gasteiger partial charge < -0.3 is 0 Å². The molecule has 2 aromatic heterocycles. The van der Waals surface area contributed by atoms with Gasteiger partial charge in [0, 0.05) is 18.0 Å². The molecular formula is C16H14N4O2. The number of rotatable bonds is 4. The summed E-state index contributed by atoms with van der Waals surface area (Å²) < 4.78 is 1.64. The molecule has 0 spiro atoms. The van der Waals surface area contributed by atoms with Crippen molar-refractivity contribution in [1.82, 2.24) is 14.8 Å². The highest BCUT2D eigenvalue weighted by Gasteiger charge is 2.22. The summed E-state index contributed by atoms with van der Waals surface area (Å²) in [6, 6.07) is 11.6. The van der Waals surface area contributed by atoms with Gasteiger partial charge in [-0.15, -0.1) is 0 Å². The number of pyridine rings is 1. The summed E-state index contributed by atoms with van der Waals surface area (Å²) in [7, 11) is 0. The average molecular weight is 294 g/mol. The monoisotopic (exact) mass is 294 g/mol. The number of hydrogen-bond acceptors (Lipinski definition) is 4. The van der Waals surface area contributed by atoms with E-state index in [4.69, 9.17) is 0 Å². The van der Waals surface area contributed by atoms with Gasteiger partial charge in [-0.3, -0.25) is 19.8 Å². The first-order valence-electron chi connectivity index (χ1n) is 6.81. The van der Waals surface area contributed by atoms with Crippen molar-refractivity contribution in [3.63, 3.8) is 0 Å². The number of nitrogens with zero attached hydrogens (tertiary/aromatic N) is 4. The molecule has 0 saturated heterocycles. The molecule has 0 aliphatic carbocycles. The Labute approximate surface area is 127 Å². The van der Waals surface area contributed by atoms with Gasteiger partial charge in [0.1, 0.15) is 11.9 Å². The molecule has 6 heteroatoms. The summed E-state index contributed by atoms with van der Waals surface area (Å²) in [6.45, 7) is 2.49. The Morgan fingerprint density at radius 2 is 1.95 bits per heavy atom. The maximum Gasteiger partial charge on any atom is 0.314 e. The molecule has 0 bridgehead atoms. The van der Waals surface area contributed by atoms with Crippen LogP contribution >= 0.6 is 0 Å². The maximum absolute atomic E-state index is 11.2. The van der Waals surface area contributed by atoms with E-state index in [1.807, 2.05) is 31.2 Å². The molecule has 0 aliphatic heterocycles. The van der Waals surface area contributed by atoms with Crippen LogP contribution < -0.4 is 0 Å². The molecule has 0 saturated carbocycles. The number of hydrogen-bond donors (Lipinski definition) is 0. The zero-order valence-electron chi connectivity index (χ0n) is 12.0. The van der Waals surface area contributed by atoms with Gasteiger partial charge in [0.2, 0.25) is 0 Å². The highest BCUT2D eigenvalue weighted by Crippen LogP contribution is 2.29. The minimum Gasteiger partial charge on any atom is -0.264 e. The average Bonchev–Trinajstić information content (AvgIpc) is 2.94. The Morgan fingerprint density at radius 1 is 1.18 bits per heavy atom. The summed E-state index contributed by atoms with van der Waals surface area (Å²) >= 11 is 0. The summed E-state index contributed by atoms with van der Waals surface area (Å²) in [6.07, 6.45) is 4.53. The van der Waals surface area contributed by atoms with E-state index in [2.05, 4.69) is 10.1 Å². The Bertz CT molecular complexity index is 795. The van der Waals surface area contributed by atoms with Crippen LogP contribution in [0.2, 0.25) is 0 Å². The highest BCUT2D eigenvalue weighted by atomic mass is 16.6. The Hall–Kier alpha value is -3.02. The first-order valence-corrected chi connectivity index (χ1v) is 6.81. The van der Waals surface area contributed by atoms with Crippen molar-refractivity contribution in [2.45, 2.75) is 13.5 Å². The van der Waals surface area contributed by atoms with Gasteiger partial charge in [-0.05, 0) is 24.6 Å². The molecule has 6 nitrogen and oxygen atoms in total. The molecule has 0 amide bonds. The van der Waals surface area contributed by atoms with E-state index in [1.54, 1.807) is 29.2 Å². The minimum absolute atomic E-state index is 0.0138. The lowest BCUT2D eigenvalue weighted by atomic mass is 10.1. The molecule has 22 heavy (non-hydrogen) atoms. The Balaban J connectivity index is 2.05. The van der Waals surface area contributed by atoms with E-state index in [0.29, 0.717) is 17.8 Å². The van der Waals surface area contributed by atoms with Crippen LogP contribution in [0.25, 0.3) is 11.3 Å². The Kier molecular flexibility index (Phi) is 3.65. The van der Waals surface area contributed by atoms with Crippen molar-refractivity contribution >= 4 is 5.69 Å². The fourth-order valence-corrected chi connectivity index (χ4v) is 2.30. The van der Waals surface area contributed by atoms with Crippen LogP contribution in [0.5, 0.6) is 0 Å². The molecule has 1 aromatic carbocycles. The summed E-state index contributed by atoms with van der Waals surface area (Å²) in [5, 5.41) is 15.4. The highest BCUT2D eigenvalue weighted by molar-refractivity contribution is 5.68. The van der Waals surface area contributed by atoms with Crippen LogP contribution in [-0.4, -0.2) is 19.7 Å². The van der Waals surface area contributed by atoms with Gasteiger partial charge in [-0.25, -0.2) is 0 Å². The Morgan fingerprint density at radius 3 is 2.59 bits per heavy atom. The number of aromatic nitrogens is 3. The number of nitro groups is 1. The first-order chi connectivity index (χ1) is 10.6. The van der Waals surface area contributed by atoms with Crippen molar-refractivity contribution in [2.24, 2.45) is 0 Å². The van der Waals surface area contributed by atoms with Crippen molar-refractivity contribution < 1.29 is 4.92 Å². The van der Waals surface area contributed by atoms with Crippen LogP contribution in [-0.2, 0) is 6.54 Å². The summed E-state index contributed by atoms with van der Waals surface area (Å²) in [4.78, 5) is 14.9. The molecule has 0 fully saturated rings. The second-order valence-electron chi connectivity index (χ2n) is 5.02. The molecule has 2 heterocycles. The van der Waals surface area contributed by atoms with Gasteiger partial charge in [-0.1, -0.05) is 29.8 Å². The zero-order chi connectivity index (χ0) is 15.5. The third-order valence-corrected chi connectivity index (χ3v) is 3.40. The lowest BCUT2D eigenvalue weighted by Gasteiger charge is -2.07. The van der Waals surface area contributed by atoms with Crippen LogP contribution in [0.1, 0.15) is 11.1 Å². The second kappa shape index (κ2) is 5.77. The SMILES string of the molecule is Cc1ccc(Cn2ncc([N+](=O)[O-])c2-c2cccnc2)cc1.